The number of hydrogen-bond acceptors (Lipinski definition) is 0. The molecule has 0 radical (unpaired) electrons. The topological polar surface area (TPSA) is 0 Å². The Hall–Kier alpha value is -0.560. The van der Waals surface area contributed by atoms with Gasteiger partial charge in [0.05, 0.1) is 0 Å². The van der Waals surface area contributed by atoms with E-state index in [2.05, 4.69) is 0 Å². The molecular formula is C13H14ClF. The lowest BCUT2D eigenvalue weighted by Crippen LogP contribution is -2.65. The second kappa shape index (κ2) is 2.76. The average molecular weight is 225 g/mol. The van der Waals surface area contributed by atoms with Crippen LogP contribution in [0.25, 0.3) is 0 Å². The summed E-state index contributed by atoms with van der Waals surface area (Å²) in [6.07, 6.45) is 3.26. The first-order valence-electron chi connectivity index (χ1n) is 5.42. The molecule has 0 N–H and O–H groups in total. The number of benzene rings is 1. The molecule has 1 aromatic rings. The van der Waals surface area contributed by atoms with Crippen LogP contribution in [-0.4, -0.2) is 5.88 Å². The van der Waals surface area contributed by atoms with E-state index in [1.807, 2.05) is 19.1 Å². The van der Waals surface area contributed by atoms with Gasteiger partial charge in [-0.3, -0.25) is 0 Å². The van der Waals surface area contributed by atoms with E-state index in [9.17, 15) is 4.39 Å². The highest BCUT2D eigenvalue weighted by atomic mass is 35.5. The number of aryl methyl sites for hydroxylation is 1. The minimum Gasteiger partial charge on any atom is -0.207 e. The molecule has 0 unspecified atom stereocenters. The summed E-state index contributed by atoms with van der Waals surface area (Å²) >= 11 is 5.90. The lowest BCUT2D eigenvalue weighted by Gasteiger charge is -2.70. The van der Waals surface area contributed by atoms with E-state index in [1.54, 1.807) is 6.07 Å². The van der Waals surface area contributed by atoms with Gasteiger partial charge in [0.1, 0.15) is 5.82 Å². The van der Waals surface area contributed by atoms with Crippen LogP contribution < -0.4 is 0 Å². The van der Waals surface area contributed by atoms with Crippen molar-refractivity contribution in [3.63, 3.8) is 0 Å². The van der Waals surface area contributed by atoms with Gasteiger partial charge in [-0.25, -0.2) is 4.39 Å². The predicted octanol–water partition coefficient (Wildman–Crippen LogP) is 3.79. The number of alkyl halides is 1. The summed E-state index contributed by atoms with van der Waals surface area (Å²) in [6.45, 7) is 1.93. The Labute approximate surface area is 94.4 Å². The average Bonchev–Trinajstić information content (AvgIpc) is 2.04. The number of hydrogen-bond donors (Lipinski definition) is 0. The second-order valence-electron chi connectivity index (χ2n) is 5.43. The molecule has 0 spiro atoms. The van der Waals surface area contributed by atoms with E-state index in [4.69, 9.17) is 11.6 Å². The molecule has 4 rings (SSSR count). The zero-order chi connectivity index (χ0) is 10.7. The standard InChI is InChI=1S/C13H14ClF/c1-9-2-3-10(11(15)4-9)13-5-12(6-13,7-13)8-14/h2-4H,5-8H2,1H3. The molecule has 15 heavy (non-hydrogen) atoms. The van der Waals surface area contributed by atoms with Gasteiger partial charge < -0.3 is 0 Å². The maximum atomic E-state index is 13.8. The molecule has 0 heterocycles. The van der Waals surface area contributed by atoms with Gasteiger partial charge in [0.15, 0.2) is 0 Å². The van der Waals surface area contributed by atoms with Gasteiger partial charge in [0.2, 0.25) is 0 Å². The Morgan fingerprint density at radius 1 is 1.33 bits per heavy atom. The fraction of sp³-hybridized carbons (Fsp3) is 0.538. The lowest BCUT2D eigenvalue weighted by atomic mass is 9.34. The summed E-state index contributed by atoms with van der Waals surface area (Å²) in [5, 5.41) is 0. The molecule has 3 saturated carbocycles. The SMILES string of the molecule is Cc1ccc(C23CC(CCl)(C2)C3)c(F)c1. The van der Waals surface area contributed by atoms with Gasteiger partial charge in [-0.1, -0.05) is 12.1 Å². The first-order valence-corrected chi connectivity index (χ1v) is 5.95. The minimum atomic E-state index is -0.0297. The highest BCUT2D eigenvalue weighted by Crippen LogP contribution is 2.74. The third-order valence-corrected chi connectivity index (χ3v) is 4.69. The van der Waals surface area contributed by atoms with Crippen molar-refractivity contribution in [3.8, 4) is 0 Å². The molecule has 0 nitrogen and oxygen atoms in total. The van der Waals surface area contributed by atoms with E-state index in [0.29, 0.717) is 5.41 Å². The summed E-state index contributed by atoms with van der Waals surface area (Å²) in [7, 11) is 0. The predicted molar refractivity (Wildman–Crippen MR) is 59.8 cm³/mol. The number of halogens is 2. The van der Waals surface area contributed by atoms with E-state index in [0.717, 1.165) is 36.3 Å². The molecule has 3 fully saturated rings. The first-order chi connectivity index (χ1) is 7.09. The fourth-order valence-electron chi connectivity index (χ4n) is 3.48. The van der Waals surface area contributed by atoms with Crippen molar-refractivity contribution in [1.29, 1.82) is 0 Å². The molecule has 0 amide bonds. The van der Waals surface area contributed by atoms with Crippen LogP contribution in [0.1, 0.15) is 30.4 Å². The Morgan fingerprint density at radius 2 is 2.00 bits per heavy atom. The Bertz CT molecular complexity index is 405. The van der Waals surface area contributed by atoms with Gasteiger partial charge in [-0.15, -0.1) is 11.6 Å². The summed E-state index contributed by atoms with van der Waals surface area (Å²) < 4.78 is 13.8. The molecule has 2 bridgehead atoms. The maximum Gasteiger partial charge on any atom is 0.127 e. The normalized spacial score (nSPS) is 37.0. The van der Waals surface area contributed by atoms with E-state index >= 15 is 0 Å². The highest BCUT2D eigenvalue weighted by molar-refractivity contribution is 6.18. The molecule has 0 aromatic heterocycles. The minimum absolute atomic E-state index is 0.0297. The highest BCUT2D eigenvalue weighted by Gasteiger charge is 2.68. The quantitative estimate of drug-likeness (QED) is 0.671. The fourth-order valence-corrected chi connectivity index (χ4v) is 3.76. The van der Waals surface area contributed by atoms with Crippen molar-refractivity contribution in [3.05, 3.63) is 35.1 Å². The van der Waals surface area contributed by atoms with Crippen molar-refractivity contribution in [2.24, 2.45) is 5.41 Å². The Balaban J connectivity index is 1.91. The van der Waals surface area contributed by atoms with Crippen LogP contribution in [0.15, 0.2) is 18.2 Å². The third kappa shape index (κ3) is 1.13. The zero-order valence-corrected chi connectivity index (χ0v) is 9.57. The largest absolute Gasteiger partial charge is 0.207 e. The van der Waals surface area contributed by atoms with Gasteiger partial charge in [-0.05, 0) is 54.2 Å². The molecule has 1 aromatic carbocycles. The van der Waals surface area contributed by atoms with Crippen molar-refractivity contribution >= 4 is 11.6 Å². The maximum absolute atomic E-state index is 13.8. The Morgan fingerprint density at radius 3 is 2.53 bits per heavy atom. The van der Waals surface area contributed by atoms with Gasteiger partial charge in [-0.2, -0.15) is 0 Å². The van der Waals surface area contributed by atoms with Crippen LogP contribution in [0.2, 0.25) is 0 Å². The van der Waals surface area contributed by atoms with E-state index in [-0.39, 0.29) is 11.2 Å². The van der Waals surface area contributed by atoms with E-state index in [1.165, 1.54) is 0 Å². The van der Waals surface area contributed by atoms with Crippen molar-refractivity contribution < 1.29 is 4.39 Å². The first kappa shape index (κ1) is 9.65. The molecule has 0 saturated heterocycles. The smallest absolute Gasteiger partial charge is 0.127 e. The molecule has 80 valence electrons. The Kier molecular flexibility index (Phi) is 1.78. The van der Waals surface area contributed by atoms with Crippen molar-refractivity contribution in [2.45, 2.75) is 31.6 Å². The van der Waals surface area contributed by atoms with Gasteiger partial charge >= 0.3 is 0 Å². The molecular weight excluding hydrogens is 211 g/mol. The van der Waals surface area contributed by atoms with E-state index < -0.39 is 0 Å². The van der Waals surface area contributed by atoms with Crippen molar-refractivity contribution in [2.75, 3.05) is 5.88 Å². The van der Waals surface area contributed by atoms with Crippen LogP contribution in [0, 0.1) is 18.2 Å². The molecule has 2 heteroatoms. The molecule has 0 atom stereocenters. The molecule has 3 aliphatic rings. The molecule has 0 aliphatic heterocycles. The molecule has 3 aliphatic carbocycles. The van der Waals surface area contributed by atoms with Crippen molar-refractivity contribution in [1.82, 2.24) is 0 Å². The van der Waals surface area contributed by atoms with Gasteiger partial charge in [0.25, 0.3) is 0 Å². The summed E-state index contributed by atoms with van der Waals surface area (Å²) in [4.78, 5) is 0. The zero-order valence-electron chi connectivity index (χ0n) is 8.82. The second-order valence-corrected chi connectivity index (χ2v) is 5.69. The van der Waals surface area contributed by atoms with Crippen LogP contribution in [0.5, 0.6) is 0 Å². The monoisotopic (exact) mass is 224 g/mol. The van der Waals surface area contributed by atoms with Crippen LogP contribution in [0.4, 0.5) is 4.39 Å². The number of rotatable bonds is 2. The summed E-state index contributed by atoms with van der Waals surface area (Å²) in [6, 6.07) is 5.61. The van der Waals surface area contributed by atoms with Crippen LogP contribution >= 0.6 is 11.6 Å². The lowest BCUT2D eigenvalue weighted by molar-refractivity contribution is -0.124. The van der Waals surface area contributed by atoms with Gasteiger partial charge in [0, 0.05) is 5.88 Å². The van der Waals surface area contributed by atoms with Crippen LogP contribution in [-0.2, 0) is 5.41 Å². The summed E-state index contributed by atoms with van der Waals surface area (Å²) in [5.41, 5.74) is 2.42. The third-order valence-electron chi connectivity index (χ3n) is 4.12. The summed E-state index contributed by atoms with van der Waals surface area (Å²) in [5.74, 6) is 0.709. The van der Waals surface area contributed by atoms with Crippen LogP contribution in [0.3, 0.4) is 0 Å².